The van der Waals surface area contributed by atoms with Crippen LogP contribution in [0, 0.1) is 6.92 Å². The van der Waals surface area contributed by atoms with E-state index in [1.807, 2.05) is 30.3 Å². The summed E-state index contributed by atoms with van der Waals surface area (Å²) in [7, 11) is 0. The van der Waals surface area contributed by atoms with Gasteiger partial charge >= 0.3 is 0 Å². The maximum atomic E-state index is 12.4. The number of hydrogen-bond donors (Lipinski definition) is 1. The Hall–Kier alpha value is -2.85. The summed E-state index contributed by atoms with van der Waals surface area (Å²) in [4.78, 5) is 24.8. The molecule has 0 fully saturated rings. The molecule has 1 heterocycles. The molecular formula is C19H14ClNO3. The zero-order valence-electron chi connectivity index (χ0n) is 12.9. The molecule has 0 radical (unpaired) electrons. The second kappa shape index (κ2) is 6.72. The van der Waals surface area contributed by atoms with Gasteiger partial charge in [0.15, 0.2) is 5.43 Å². The molecule has 1 N–H and O–H groups in total. The molecule has 0 spiro atoms. The molecule has 1 amide bonds. The summed E-state index contributed by atoms with van der Waals surface area (Å²) >= 11 is 5.81. The average molecular weight is 340 g/mol. The molecule has 4 nitrogen and oxygen atoms in total. The predicted molar refractivity (Wildman–Crippen MR) is 94.6 cm³/mol. The minimum absolute atomic E-state index is 0.00960. The topological polar surface area (TPSA) is 59.3 Å². The van der Waals surface area contributed by atoms with Crippen molar-refractivity contribution in [1.82, 2.24) is 0 Å². The first-order valence-electron chi connectivity index (χ1n) is 7.31. The Balaban J connectivity index is 1.92. The number of benzene rings is 2. The minimum atomic E-state index is -0.511. The Kier molecular flexibility index (Phi) is 4.49. The largest absolute Gasteiger partial charge is 0.460 e. The molecule has 3 aromatic rings. The first-order chi connectivity index (χ1) is 11.5. The molecule has 2 aromatic carbocycles. The monoisotopic (exact) mass is 339 g/mol. The van der Waals surface area contributed by atoms with Crippen LogP contribution in [0.1, 0.15) is 16.1 Å². The third-order valence-electron chi connectivity index (χ3n) is 3.51. The Morgan fingerprint density at radius 1 is 1.04 bits per heavy atom. The second-order valence-electron chi connectivity index (χ2n) is 5.23. The maximum absolute atomic E-state index is 12.4. The molecule has 5 heteroatoms. The van der Waals surface area contributed by atoms with Crippen molar-refractivity contribution in [2.75, 3.05) is 5.32 Å². The van der Waals surface area contributed by atoms with E-state index in [0.29, 0.717) is 16.5 Å². The Morgan fingerprint density at radius 3 is 2.33 bits per heavy atom. The number of carbonyl (C=O) groups excluding carboxylic acids is 1. The lowest BCUT2D eigenvalue weighted by atomic mass is 10.1. The first kappa shape index (κ1) is 16.0. The maximum Gasteiger partial charge on any atom is 0.263 e. The summed E-state index contributed by atoms with van der Waals surface area (Å²) in [6, 6.07) is 17.2. The number of halogens is 1. The van der Waals surface area contributed by atoms with Gasteiger partial charge in [0.2, 0.25) is 0 Å². The minimum Gasteiger partial charge on any atom is -0.460 e. The van der Waals surface area contributed by atoms with E-state index in [-0.39, 0.29) is 16.8 Å². The Morgan fingerprint density at radius 2 is 1.71 bits per heavy atom. The highest BCUT2D eigenvalue weighted by atomic mass is 35.5. The van der Waals surface area contributed by atoms with Crippen LogP contribution >= 0.6 is 11.6 Å². The molecule has 0 saturated carbocycles. The van der Waals surface area contributed by atoms with Crippen molar-refractivity contribution in [2.45, 2.75) is 6.92 Å². The van der Waals surface area contributed by atoms with E-state index < -0.39 is 5.91 Å². The summed E-state index contributed by atoms with van der Waals surface area (Å²) in [6.45, 7) is 1.60. The van der Waals surface area contributed by atoms with E-state index in [0.717, 1.165) is 5.56 Å². The van der Waals surface area contributed by atoms with Crippen molar-refractivity contribution >= 4 is 23.2 Å². The average Bonchev–Trinajstić information content (AvgIpc) is 2.57. The number of amides is 1. The van der Waals surface area contributed by atoms with Gasteiger partial charge in [0, 0.05) is 22.3 Å². The summed E-state index contributed by atoms with van der Waals surface area (Å²) in [5.41, 5.74) is 0.936. The highest BCUT2D eigenvalue weighted by molar-refractivity contribution is 6.30. The normalized spacial score (nSPS) is 10.4. The van der Waals surface area contributed by atoms with Crippen LogP contribution in [0.15, 0.2) is 69.9 Å². The van der Waals surface area contributed by atoms with Crippen molar-refractivity contribution in [3.8, 4) is 11.3 Å². The summed E-state index contributed by atoms with van der Waals surface area (Å²) in [5.74, 6) is 0.192. The van der Waals surface area contributed by atoms with Crippen LogP contribution in [-0.2, 0) is 0 Å². The molecule has 24 heavy (non-hydrogen) atoms. The molecule has 0 aliphatic rings. The Labute approximate surface area is 143 Å². The smallest absolute Gasteiger partial charge is 0.263 e. The second-order valence-corrected chi connectivity index (χ2v) is 5.67. The van der Waals surface area contributed by atoms with Crippen LogP contribution in [0.5, 0.6) is 0 Å². The lowest BCUT2D eigenvalue weighted by Gasteiger charge is -2.08. The zero-order chi connectivity index (χ0) is 17.1. The van der Waals surface area contributed by atoms with Crippen molar-refractivity contribution in [3.63, 3.8) is 0 Å². The fourth-order valence-corrected chi connectivity index (χ4v) is 2.48. The van der Waals surface area contributed by atoms with Gasteiger partial charge in [-0.3, -0.25) is 9.59 Å². The van der Waals surface area contributed by atoms with Crippen molar-refractivity contribution in [3.05, 3.63) is 87.2 Å². The summed E-state index contributed by atoms with van der Waals surface area (Å²) in [5, 5.41) is 3.23. The molecule has 3 rings (SSSR count). The van der Waals surface area contributed by atoms with E-state index in [2.05, 4.69) is 5.32 Å². The van der Waals surface area contributed by atoms with Gasteiger partial charge in [-0.2, -0.15) is 0 Å². The molecule has 0 unspecified atom stereocenters. The van der Waals surface area contributed by atoms with Gasteiger partial charge in [-0.25, -0.2) is 0 Å². The van der Waals surface area contributed by atoms with Gasteiger partial charge in [-0.15, -0.1) is 0 Å². The number of hydrogen-bond acceptors (Lipinski definition) is 3. The SMILES string of the molecule is Cc1oc(-c2ccccc2)cc(=O)c1C(=O)Nc1ccc(Cl)cc1. The van der Waals surface area contributed by atoms with Crippen LogP contribution in [0.4, 0.5) is 5.69 Å². The van der Waals surface area contributed by atoms with Crippen molar-refractivity contribution < 1.29 is 9.21 Å². The zero-order valence-corrected chi connectivity index (χ0v) is 13.6. The third-order valence-corrected chi connectivity index (χ3v) is 3.76. The summed E-state index contributed by atoms with van der Waals surface area (Å²) < 4.78 is 5.67. The molecule has 0 aliphatic heterocycles. The molecule has 1 aromatic heterocycles. The molecule has 120 valence electrons. The number of rotatable bonds is 3. The molecule has 0 bridgehead atoms. The van der Waals surface area contributed by atoms with Gasteiger partial charge in [-0.05, 0) is 31.2 Å². The lowest BCUT2D eigenvalue weighted by Crippen LogP contribution is -2.22. The highest BCUT2D eigenvalue weighted by Crippen LogP contribution is 2.20. The molecular weight excluding hydrogens is 326 g/mol. The van der Waals surface area contributed by atoms with Gasteiger partial charge in [0.05, 0.1) is 0 Å². The van der Waals surface area contributed by atoms with E-state index >= 15 is 0 Å². The highest BCUT2D eigenvalue weighted by Gasteiger charge is 2.17. The van der Waals surface area contributed by atoms with Gasteiger partial charge in [-0.1, -0.05) is 41.9 Å². The first-order valence-corrected chi connectivity index (χ1v) is 7.69. The van der Waals surface area contributed by atoms with E-state index in [9.17, 15) is 9.59 Å². The van der Waals surface area contributed by atoms with Crippen LogP contribution in [0.2, 0.25) is 5.02 Å². The molecule has 0 atom stereocenters. The fourth-order valence-electron chi connectivity index (χ4n) is 2.35. The van der Waals surface area contributed by atoms with E-state index in [1.165, 1.54) is 6.07 Å². The number of nitrogens with one attached hydrogen (secondary N) is 1. The van der Waals surface area contributed by atoms with Crippen molar-refractivity contribution in [1.29, 1.82) is 0 Å². The van der Waals surface area contributed by atoms with Crippen LogP contribution in [0.3, 0.4) is 0 Å². The number of aryl methyl sites for hydroxylation is 1. The fraction of sp³-hybridized carbons (Fsp3) is 0.0526. The third kappa shape index (κ3) is 3.39. The Bertz CT molecular complexity index is 931. The van der Waals surface area contributed by atoms with Crippen molar-refractivity contribution in [2.24, 2.45) is 0 Å². The standard InChI is InChI=1S/C19H14ClNO3/c1-12-18(19(23)21-15-9-7-14(20)8-10-15)16(22)11-17(24-12)13-5-3-2-4-6-13/h2-11H,1H3,(H,21,23). The van der Waals surface area contributed by atoms with Crippen LogP contribution < -0.4 is 10.7 Å². The number of anilines is 1. The quantitative estimate of drug-likeness (QED) is 0.763. The van der Waals surface area contributed by atoms with Gasteiger partial charge in [0.1, 0.15) is 17.1 Å². The van der Waals surface area contributed by atoms with Crippen LogP contribution in [-0.4, -0.2) is 5.91 Å². The predicted octanol–water partition coefficient (Wildman–Crippen LogP) is 4.52. The van der Waals surface area contributed by atoms with E-state index in [4.69, 9.17) is 16.0 Å². The summed E-state index contributed by atoms with van der Waals surface area (Å²) in [6.07, 6.45) is 0. The van der Waals surface area contributed by atoms with Gasteiger partial charge < -0.3 is 9.73 Å². The van der Waals surface area contributed by atoms with Crippen LogP contribution in [0.25, 0.3) is 11.3 Å². The van der Waals surface area contributed by atoms with E-state index in [1.54, 1.807) is 31.2 Å². The number of carbonyl (C=O) groups is 1. The molecule has 0 aliphatic carbocycles. The lowest BCUT2D eigenvalue weighted by molar-refractivity contribution is 0.102. The molecule has 0 saturated heterocycles. The van der Waals surface area contributed by atoms with Gasteiger partial charge in [0.25, 0.3) is 5.91 Å².